The van der Waals surface area contributed by atoms with Crippen molar-refractivity contribution in [2.45, 2.75) is 25.8 Å². The average molecular weight is 306 g/mol. The Hall–Kier alpha value is -0.970. The highest BCUT2D eigenvalue weighted by molar-refractivity contribution is 6.34. The summed E-state index contributed by atoms with van der Waals surface area (Å²) < 4.78 is 5.06. The summed E-state index contributed by atoms with van der Waals surface area (Å²) in [7, 11) is 1.51. The number of aliphatic carboxylic acids is 1. The molecular formula is C13H17Cl2NO3. The van der Waals surface area contributed by atoms with Gasteiger partial charge in [-0.2, -0.15) is 0 Å². The molecule has 0 saturated heterocycles. The maximum Gasteiger partial charge on any atom is 0.303 e. The third kappa shape index (κ3) is 4.56. The van der Waals surface area contributed by atoms with Crippen molar-refractivity contribution >= 4 is 29.2 Å². The molecule has 0 amide bonds. The summed E-state index contributed by atoms with van der Waals surface area (Å²) in [6.45, 7) is 1.84. The summed E-state index contributed by atoms with van der Waals surface area (Å²) in [6.07, 6.45) is 0.601. The number of hydrogen-bond acceptors (Lipinski definition) is 3. The van der Waals surface area contributed by atoms with Gasteiger partial charge in [0.15, 0.2) is 0 Å². The molecule has 0 fully saturated rings. The minimum Gasteiger partial charge on any atom is -0.495 e. The Balaban J connectivity index is 2.85. The van der Waals surface area contributed by atoms with Crippen LogP contribution in [0.5, 0.6) is 5.75 Å². The summed E-state index contributed by atoms with van der Waals surface area (Å²) >= 11 is 12.2. The molecule has 2 atom stereocenters. The van der Waals surface area contributed by atoms with Crippen molar-refractivity contribution in [2.75, 3.05) is 7.11 Å². The van der Waals surface area contributed by atoms with Gasteiger partial charge in [-0.3, -0.25) is 4.79 Å². The number of hydrogen-bond donors (Lipinski definition) is 2. The van der Waals surface area contributed by atoms with E-state index in [0.29, 0.717) is 27.8 Å². The maximum atomic E-state index is 10.6. The number of benzene rings is 1. The van der Waals surface area contributed by atoms with Crippen LogP contribution >= 0.6 is 23.2 Å². The summed E-state index contributed by atoms with van der Waals surface area (Å²) in [5.41, 5.74) is 6.75. The van der Waals surface area contributed by atoms with Crippen molar-refractivity contribution in [1.82, 2.24) is 0 Å². The number of carbonyl (C=O) groups is 1. The molecule has 106 valence electrons. The summed E-state index contributed by atoms with van der Waals surface area (Å²) in [6, 6.07) is 2.92. The predicted octanol–water partition coefficient (Wildman–Crippen LogP) is 3.50. The van der Waals surface area contributed by atoms with Crippen LogP contribution in [-0.2, 0) is 4.79 Å². The Morgan fingerprint density at radius 1 is 1.42 bits per heavy atom. The first-order chi connectivity index (χ1) is 8.85. The van der Waals surface area contributed by atoms with Crippen molar-refractivity contribution in [3.05, 3.63) is 27.7 Å². The SMILES string of the molecule is COc1cc(Cl)c(C(N)CC(C)CC(=O)O)cc1Cl. The van der Waals surface area contributed by atoms with E-state index in [0.717, 1.165) is 0 Å². The van der Waals surface area contributed by atoms with Crippen LogP contribution < -0.4 is 10.5 Å². The molecule has 0 aromatic heterocycles. The van der Waals surface area contributed by atoms with Gasteiger partial charge in [-0.1, -0.05) is 30.1 Å². The smallest absolute Gasteiger partial charge is 0.303 e. The lowest BCUT2D eigenvalue weighted by atomic mass is 9.94. The van der Waals surface area contributed by atoms with Crippen LogP contribution in [0.2, 0.25) is 10.0 Å². The normalized spacial score (nSPS) is 13.9. The third-order valence-corrected chi connectivity index (χ3v) is 3.47. The molecule has 6 heteroatoms. The highest BCUT2D eigenvalue weighted by Crippen LogP contribution is 2.35. The van der Waals surface area contributed by atoms with Crippen LogP contribution in [0.15, 0.2) is 12.1 Å². The van der Waals surface area contributed by atoms with E-state index in [2.05, 4.69) is 0 Å². The molecule has 4 nitrogen and oxygen atoms in total. The second-order valence-corrected chi connectivity index (χ2v) is 5.37. The minimum atomic E-state index is -0.835. The van der Waals surface area contributed by atoms with Crippen LogP contribution in [0.4, 0.5) is 0 Å². The van der Waals surface area contributed by atoms with E-state index in [1.54, 1.807) is 12.1 Å². The maximum absolute atomic E-state index is 10.6. The Bertz CT molecular complexity index is 465. The fourth-order valence-corrected chi connectivity index (χ4v) is 2.47. The second-order valence-electron chi connectivity index (χ2n) is 4.55. The zero-order valence-corrected chi connectivity index (χ0v) is 12.3. The molecule has 0 spiro atoms. The van der Waals surface area contributed by atoms with Crippen molar-refractivity contribution in [2.24, 2.45) is 11.7 Å². The number of ether oxygens (including phenoxy) is 1. The second kappa shape index (κ2) is 6.98. The fraction of sp³-hybridized carbons (Fsp3) is 0.462. The van der Waals surface area contributed by atoms with Crippen LogP contribution in [0.1, 0.15) is 31.4 Å². The molecule has 0 aliphatic rings. The van der Waals surface area contributed by atoms with Gasteiger partial charge in [0.25, 0.3) is 0 Å². The van der Waals surface area contributed by atoms with Gasteiger partial charge in [-0.05, 0) is 24.0 Å². The first-order valence-electron chi connectivity index (χ1n) is 5.85. The van der Waals surface area contributed by atoms with E-state index in [-0.39, 0.29) is 18.4 Å². The molecule has 0 heterocycles. The topological polar surface area (TPSA) is 72.5 Å². The molecule has 0 saturated carbocycles. The number of carboxylic acid groups (broad SMARTS) is 1. The van der Waals surface area contributed by atoms with Gasteiger partial charge in [-0.25, -0.2) is 0 Å². The number of methoxy groups -OCH3 is 1. The highest BCUT2D eigenvalue weighted by atomic mass is 35.5. The van der Waals surface area contributed by atoms with E-state index >= 15 is 0 Å². The standard InChI is InChI=1S/C13H17Cl2NO3/c1-7(4-13(17)18)3-11(16)8-5-10(15)12(19-2)6-9(8)14/h5-7,11H,3-4,16H2,1-2H3,(H,17,18). The lowest BCUT2D eigenvalue weighted by molar-refractivity contribution is -0.138. The van der Waals surface area contributed by atoms with Gasteiger partial charge in [-0.15, -0.1) is 0 Å². The minimum absolute atomic E-state index is 0.0376. The molecule has 1 aromatic carbocycles. The highest BCUT2D eigenvalue weighted by Gasteiger charge is 2.18. The Morgan fingerprint density at radius 3 is 2.58 bits per heavy atom. The molecule has 0 aliphatic heterocycles. The van der Waals surface area contributed by atoms with Gasteiger partial charge >= 0.3 is 5.97 Å². The number of nitrogens with two attached hydrogens (primary N) is 1. The van der Waals surface area contributed by atoms with Crippen LogP contribution in [0.25, 0.3) is 0 Å². The first-order valence-corrected chi connectivity index (χ1v) is 6.61. The number of halogens is 2. The Morgan fingerprint density at radius 2 is 2.05 bits per heavy atom. The molecule has 0 aliphatic carbocycles. The van der Waals surface area contributed by atoms with Gasteiger partial charge in [0.2, 0.25) is 0 Å². The fourth-order valence-electron chi connectivity index (χ4n) is 1.93. The van der Waals surface area contributed by atoms with Crippen molar-refractivity contribution in [3.63, 3.8) is 0 Å². The molecule has 1 aromatic rings. The van der Waals surface area contributed by atoms with Crippen molar-refractivity contribution in [1.29, 1.82) is 0 Å². The zero-order valence-electron chi connectivity index (χ0n) is 10.8. The van der Waals surface area contributed by atoms with Crippen molar-refractivity contribution in [3.8, 4) is 5.75 Å². The lowest BCUT2D eigenvalue weighted by Gasteiger charge is -2.18. The van der Waals surface area contributed by atoms with E-state index in [1.807, 2.05) is 6.92 Å². The van der Waals surface area contributed by atoms with Crippen LogP contribution in [0.3, 0.4) is 0 Å². The molecule has 2 unspecified atom stereocenters. The van der Waals surface area contributed by atoms with Crippen LogP contribution in [0, 0.1) is 5.92 Å². The quantitative estimate of drug-likeness (QED) is 0.843. The summed E-state index contributed by atoms with van der Waals surface area (Å²) in [5, 5.41) is 9.63. The summed E-state index contributed by atoms with van der Waals surface area (Å²) in [4.78, 5) is 10.6. The monoisotopic (exact) mass is 305 g/mol. The van der Waals surface area contributed by atoms with Gasteiger partial charge < -0.3 is 15.6 Å². The lowest BCUT2D eigenvalue weighted by Crippen LogP contribution is -2.16. The largest absolute Gasteiger partial charge is 0.495 e. The molecule has 0 radical (unpaired) electrons. The Labute approximate surface area is 122 Å². The summed E-state index contributed by atoms with van der Waals surface area (Å²) in [5.74, 6) is -0.385. The number of carboxylic acids is 1. The Kier molecular flexibility index (Phi) is 5.91. The first kappa shape index (κ1) is 16.1. The van der Waals surface area contributed by atoms with E-state index in [4.69, 9.17) is 38.8 Å². The van der Waals surface area contributed by atoms with Gasteiger partial charge in [0.1, 0.15) is 5.75 Å². The number of rotatable bonds is 6. The third-order valence-electron chi connectivity index (χ3n) is 2.85. The van der Waals surface area contributed by atoms with Crippen molar-refractivity contribution < 1.29 is 14.6 Å². The molecule has 3 N–H and O–H groups in total. The molecule has 1 rings (SSSR count). The molecular weight excluding hydrogens is 289 g/mol. The van der Waals surface area contributed by atoms with Gasteiger partial charge in [0, 0.05) is 23.6 Å². The van der Waals surface area contributed by atoms with Gasteiger partial charge in [0.05, 0.1) is 12.1 Å². The predicted molar refractivity (Wildman–Crippen MR) is 76.0 cm³/mol. The molecule has 19 heavy (non-hydrogen) atoms. The van der Waals surface area contributed by atoms with E-state index in [9.17, 15) is 4.79 Å². The average Bonchev–Trinajstić information content (AvgIpc) is 2.30. The van der Waals surface area contributed by atoms with E-state index in [1.165, 1.54) is 7.11 Å². The zero-order chi connectivity index (χ0) is 14.6. The van der Waals surface area contributed by atoms with Crippen LogP contribution in [-0.4, -0.2) is 18.2 Å². The van der Waals surface area contributed by atoms with E-state index < -0.39 is 5.97 Å². The molecule has 0 bridgehead atoms.